The van der Waals surface area contributed by atoms with Crippen LogP contribution in [0.15, 0.2) is 36.7 Å². The van der Waals surface area contributed by atoms with Crippen LogP contribution in [0.3, 0.4) is 0 Å². The molecule has 0 bridgehead atoms. The lowest BCUT2D eigenvalue weighted by Gasteiger charge is -2.29. The van der Waals surface area contributed by atoms with Crippen molar-refractivity contribution in [2.24, 2.45) is 0 Å². The number of nitrogens with zero attached hydrogens (tertiary/aromatic N) is 3. The first kappa shape index (κ1) is 15.7. The van der Waals surface area contributed by atoms with Gasteiger partial charge in [-0.25, -0.2) is 0 Å². The van der Waals surface area contributed by atoms with Gasteiger partial charge < -0.3 is 15.0 Å². The van der Waals surface area contributed by atoms with Gasteiger partial charge in [0.15, 0.2) is 11.9 Å². The number of hydrogen-bond donors (Lipinski definition) is 1. The normalized spacial score (nSPS) is 22.3. The molecule has 2 atom stereocenters. The van der Waals surface area contributed by atoms with Gasteiger partial charge in [-0.15, -0.1) is 0 Å². The molecule has 130 valence electrons. The van der Waals surface area contributed by atoms with Crippen molar-refractivity contribution in [3.05, 3.63) is 42.2 Å². The molecule has 0 unspecified atom stereocenters. The summed E-state index contributed by atoms with van der Waals surface area (Å²) < 4.78 is 7.58. The Morgan fingerprint density at radius 2 is 2.28 bits per heavy atom. The average Bonchev–Trinajstić information content (AvgIpc) is 3.27. The first-order valence-electron chi connectivity index (χ1n) is 8.52. The molecule has 3 heterocycles. The van der Waals surface area contributed by atoms with Crippen molar-refractivity contribution >= 4 is 17.5 Å². The smallest absolute Gasteiger partial charge is 0.265 e. The van der Waals surface area contributed by atoms with Crippen molar-refractivity contribution in [3.63, 3.8) is 0 Å². The lowest BCUT2D eigenvalue weighted by molar-refractivity contribution is -0.122. The summed E-state index contributed by atoms with van der Waals surface area (Å²) >= 11 is 0. The lowest BCUT2D eigenvalue weighted by Crippen LogP contribution is -2.40. The Bertz CT molecular complexity index is 803. The summed E-state index contributed by atoms with van der Waals surface area (Å²) in [6.07, 6.45) is 4.97. The molecule has 1 N–H and O–H groups in total. The second-order valence-corrected chi connectivity index (χ2v) is 6.45. The highest BCUT2D eigenvalue weighted by molar-refractivity contribution is 6.04. The molecule has 1 aromatic heterocycles. The molecule has 2 amide bonds. The number of carbonyl (C=O) groups excluding carboxylic acids is 2. The van der Waals surface area contributed by atoms with Crippen LogP contribution >= 0.6 is 0 Å². The maximum absolute atomic E-state index is 13.1. The van der Waals surface area contributed by atoms with Gasteiger partial charge >= 0.3 is 0 Å². The monoisotopic (exact) mass is 340 g/mol. The van der Waals surface area contributed by atoms with E-state index in [0.717, 1.165) is 19.4 Å². The average molecular weight is 340 g/mol. The predicted octanol–water partition coefficient (Wildman–Crippen LogP) is 1.91. The summed E-state index contributed by atoms with van der Waals surface area (Å²) in [6, 6.07) is 7.27. The van der Waals surface area contributed by atoms with Crippen molar-refractivity contribution in [3.8, 4) is 5.75 Å². The zero-order chi connectivity index (χ0) is 17.4. The summed E-state index contributed by atoms with van der Waals surface area (Å²) in [4.78, 5) is 26.8. The Labute approximate surface area is 145 Å². The fraction of sp³-hybridized carbons (Fsp3) is 0.389. The number of rotatable bonds is 3. The van der Waals surface area contributed by atoms with E-state index in [1.165, 1.54) is 0 Å². The third-order valence-corrected chi connectivity index (χ3v) is 4.76. The Hall–Kier alpha value is -2.83. The molecular weight excluding hydrogens is 320 g/mol. The van der Waals surface area contributed by atoms with Crippen molar-refractivity contribution in [1.29, 1.82) is 0 Å². The Balaban J connectivity index is 1.60. The SMILES string of the molecule is C[C@H]1Oc2c(cccc2C(=O)N2CCC[C@@H]2Cn2cccn2)NC1=O. The summed E-state index contributed by atoms with van der Waals surface area (Å²) in [5.41, 5.74) is 1.05. The minimum Gasteiger partial charge on any atom is -0.478 e. The van der Waals surface area contributed by atoms with Gasteiger partial charge in [0.25, 0.3) is 11.8 Å². The lowest BCUT2D eigenvalue weighted by atomic mass is 10.1. The van der Waals surface area contributed by atoms with Gasteiger partial charge in [-0.3, -0.25) is 14.3 Å². The molecule has 0 spiro atoms. The molecule has 4 rings (SSSR count). The molecule has 1 fully saturated rings. The Morgan fingerprint density at radius 1 is 1.40 bits per heavy atom. The number of para-hydroxylation sites is 1. The van der Waals surface area contributed by atoms with Gasteiger partial charge in [0.2, 0.25) is 0 Å². The first-order chi connectivity index (χ1) is 12.1. The van der Waals surface area contributed by atoms with E-state index >= 15 is 0 Å². The van der Waals surface area contributed by atoms with Crippen molar-refractivity contribution < 1.29 is 14.3 Å². The minimum absolute atomic E-state index is 0.0603. The molecule has 1 aromatic carbocycles. The molecule has 2 aromatic rings. The molecule has 2 aliphatic rings. The van der Waals surface area contributed by atoms with E-state index in [-0.39, 0.29) is 17.9 Å². The van der Waals surface area contributed by atoms with Crippen LogP contribution in [-0.2, 0) is 11.3 Å². The molecule has 7 heteroatoms. The molecule has 0 radical (unpaired) electrons. The number of aromatic nitrogens is 2. The standard InChI is InChI=1S/C18H20N4O3/c1-12-17(23)20-15-7-2-6-14(16(15)25-12)18(24)22-10-3-5-13(22)11-21-9-4-8-19-21/h2,4,6-9,12-13H,3,5,10-11H2,1H3,(H,20,23)/t12-,13-/m1/s1. The van der Waals surface area contributed by atoms with E-state index in [1.807, 2.05) is 21.8 Å². The fourth-order valence-electron chi connectivity index (χ4n) is 3.47. The van der Waals surface area contributed by atoms with Crippen molar-refractivity contribution in [2.45, 2.75) is 38.5 Å². The molecular formula is C18H20N4O3. The van der Waals surface area contributed by atoms with Crippen LogP contribution in [0.1, 0.15) is 30.1 Å². The number of anilines is 1. The summed E-state index contributed by atoms with van der Waals surface area (Å²) in [6.45, 7) is 3.08. The van der Waals surface area contributed by atoms with Gasteiger partial charge in [0, 0.05) is 18.9 Å². The van der Waals surface area contributed by atoms with E-state index in [1.54, 1.807) is 31.3 Å². The van der Waals surface area contributed by atoms with Gasteiger partial charge in [-0.2, -0.15) is 5.10 Å². The molecule has 0 saturated carbocycles. The van der Waals surface area contributed by atoms with Crippen LogP contribution in [-0.4, -0.2) is 45.2 Å². The van der Waals surface area contributed by atoms with E-state index in [2.05, 4.69) is 10.4 Å². The van der Waals surface area contributed by atoms with Gasteiger partial charge in [0.05, 0.1) is 23.8 Å². The topological polar surface area (TPSA) is 76.5 Å². The van der Waals surface area contributed by atoms with E-state index in [9.17, 15) is 9.59 Å². The fourth-order valence-corrected chi connectivity index (χ4v) is 3.47. The second kappa shape index (κ2) is 6.23. The number of benzene rings is 1. The molecule has 7 nitrogen and oxygen atoms in total. The van der Waals surface area contributed by atoms with Crippen LogP contribution < -0.4 is 10.1 Å². The number of fused-ring (bicyclic) bond motifs is 1. The third kappa shape index (κ3) is 2.86. The molecule has 0 aliphatic carbocycles. The molecule has 1 saturated heterocycles. The van der Waals surface area contributed by atoms with Gasteiger partial charge in [0.1, 0.15) is 0 Å². The third-order valence-electron chi connectivity index (χ3n) is 4.76. The van der Waals surface area contributed by atoms with Crippen LogP contribution in [0, 0.1) is 0 Å². The van der Waals surface area contributed by atoms with Crippen molar-refractivity contribution in [2.75, 3.05) is 11.9 Å². The van der Waals surface area contributed by atoms with Crippen LogP contribution in [0.4, 0.5) is 5.69 Å². The number of carbonyl (C=O) groups is 2. The zero-order valence-corrected chi connectivity index (χ0v) is 14.0. The highest BCUT2D eigenvalue weighted by Gasteiger charge is 2.34. The maximum Gasteiger partial charge on any atom is 0.265 e. The van der Waals surface area contributed by atoms with Crippen LogP contribution in [0.2, 0.25) is 0 Å². The van der Waals surface area contributed by atoms with Crippen LogP contribution in [0.25, 0.3) is 0 Å². The summed E-state index contributed by atoms with van der Waals surface area (Å²) in [5, 5.41) is 7.04. The second-order valence-electron chi connectivity index (χ2n) is 6.45. The molecule has 25 heavy (non-hydrogen) atoms. The highest BCUT2D eigenvalue weighted by atomic mass is 16.5. The maximum atomic E-state index is 13.1. The molecule has 2 aliphatic heterocycles. The van der Waals surface area contributed by atoms with Crippen molar-refractivity contribution in [1.82, 2.24) is 14.7 Å². The van der Waals surface area contributed by atoms with E-state index in [4.69, 9.17) is 4.74 Å². The number of amides is 2. The van der Waals surface area contributed by atoms with Gasteiger partial charge in [-0.1, -0.05) is 6.07 Å². The van der Waals surface area contributed by atoms with E-state index in [0.29, 0.717) is 23.5 Å². The van der Waals surface area contributed by atoms with E-state index < -0.39 is 6.10 Å². The summed E-state index contributed by atoms with van der Waals surface area (Å²) in [7, 11) is 0. The number of nitrogens with one attached hydrogen (secondary N) is 1. The van der Waals surface area contributed by atoms with Crippen LogP contribution in [0.5, 0.6) is 5.75 Å². The highest BCUT2D eigenvalue weighted by Crippen LogP contribution is 2.35. The largest absolute Gasteiger partial charge is 0.478 e. The minimum atomic E-state index is -0.611. The number of hydrogen-bond acceptors (Lipinski definition) is 4. The number of ether oxygens (including phenoxy) is 1. The Kier molecular flexibility index (Phi) is 3.91. The quantitative estimate of drug-likeness (QED) is 0.926. The zero-order valence-electron chi connectivity index (χ0n) is 14.0. The summed E-state index contributed by atoms with van der Waals surface area (Å²) in [5.74, 6) is 0.203. The number of likely N-dealkylation sites (tertiary alicyclic amines) is 1. The van der Waals surface area contributed by atoms with Gasteiger partial charge in [-0.05, 0) is 38.0 Å². The Morgan fingerprint density at radius 3 is 3.08 bits per heavy atom. The first-order valence-corrected chi connectivity index (χ1v) is 8.52. The predicted molar refractivity (Wildman–Crippen MR) is 91.4 cm³/mol.